The van der Waals surface area contributed by atoms with Gasteiger partial charge in [0, 0.05) is 5.92 Å². The van der Waals surface area contributed by atoms with E-state index in [0.29, 0.717) is 17.8 Å². The van der Waals surface area contributed by atoms with Gasteiger partial charge in [0.05, 0.1) is 24.7 Å². The maximum absolute atomic E-state index is 13.9. The van der Waals surface area contributed by atoms with E-state index in [-0.39, 0.29) is 31.5 Å². The Kier molecular flexibility index (Phi) is 8.56. The lowest BCUT2D eigenvalue weighted by atomic mass is 10.1. The molecule has 0 spiro atoms. The van der Waals surface area contributed by atoms with Crippen LogP contribution in [0.4, 0.5) is 0 Å². The Morgan fingerprint density at radius 1 is 1.12 bits per heavy atom. The van der Waals surface area contributed by atoms with Crippen molar-refractivity contribution in [1.29, 1.82) is 0 Å². The largest absolute Gasteiger partial charge is 0.460 e. The predicted molar refractivity (Wildman–Crippen MR) is 147 cm³/mol. The van der Waals surface area contributed by atoms with E-state index in [4.69, 9.17) is 18.5 Å². The van der Waals surface area contributed by atoms with Crippen LogP contribution in [-0.2, 0) is 30.0 Å². The Bertz CT molecular complexity index is 1480. The molecule has 0 bridgehead atoms. The van der Waals surface area contributed by atoms with E-state index < -0.39 is 19.8 Å². The van der Waals surface area contributed by atoms with Gasteiger partial charge in [0.2, 0.25) is 0 Å². The van der Waals surface area contributed by atoms with Crippen LogP contribution in [0.2, 0.25) is 0 Å². The molecular formula is C28H32N5O6P. The van der Waals surface area contributed by atoms with Gasteiger partial charge in [-0.1, -0.05) is 55.5 Å². The van der Waals surface area contributed by atoms with Crippen molar-refractivity contribution in [3.05, 3.63) is 84.6 Å². The Hall–Kier alpha value is -3.63. The maximum atomic E-state index is 13.9. The summed E-state index contributed by atoms with van der Waals surface area (Å²) in [4.78, 5) is 25.7. The zero-order valence-electron chi connectivity index (χ0n) is 22.5. The number of nitrogens with one attached hydrogen (secondary N) is 1. The van der Waals surface area contributed by atoms with Crippen molar-refractivity contribution in [2.75, 3.05) is 6.61 Å². The lowest BCUT2D eigenvalue weighted by Gasteiger charge is -2.24. The Morgan fingerprint density at radius 2 is 1.85 bits per heavy atom. The molecule has 2 aromatic carbocycles. The number of aromatic nitrogens is 4. The van der Waals surface area contributed by atoms with Crippen LogP contribution < -0.4 is 9.61 Å². The molecule has 0 saturated carbocycles. The monoisotopic (exact) mass is 565 g/mol. The summed E-state index contributed by atoms with van der Waals surface area (Å²) in [6, 6.07) is 17.0. The van der Waals surface area contributed by atoms with Crippen LogP contribution in [0.15, 0.2) is 73.3 Å². The first kappa shape index (κ1) is 27.9. The first-order chi connectivity index (χ1) is 19.3. The quantitative estimate of drug-likeness (QED) is 0.196. The van der Waals surface area contributed by atoms with Crippen molar-refractivity contribution in [3.8, 4) is 5.75 Å². The Balaban J connectivity index is 1.25. The summed E-state index contributed by atoms with van der Waals surface area (Å²) < 4.78 is 39.1. The van der Waals surface area contributed by atoms with Crippen LogP contribution in [0.3, 0.4) is 0 Å². The topological polar surface area (TPSA) is 127 Å². The van der Waals surface area contributed by atoms with E-state index in [0.717, 1.165) is 16.8 Å². The zero-order chi connectivity index (χ0) is 28.1. The second-order valence-corrected chi connectivity index (χ2v) is 11.5. The minimum absolute atomic E-state index is 0.0234. The smallest absolute Gasteiger partial charge is 0.459 e. The molecule has 0 radical (unpaired) electrons. The molecule has 3 heterocycles. The van der Waals surface area contributed by atoms with E-state index in [1.807, 2.05) is 47.9 Å². The van der Waals surface area contributed by atoms with Crippen molar-refractivity contribution < 1.29 is 27.9 Å². The highest BCUT2D eigenvalue weighted by Gasteiger charge is 2.38. The van der Waals surface area contributed by atoms with Crippen molar-refractivity contribution in [3.63, 3.8) is 0 Å². The number of benzene rings is 2. The molecule has 12 heteroatoms. The summed E-state index contributed by atoms with van der Waals surface area (Å²) in [6.45, 7) is 5.57. The number of hydrogen-bond acceptors (Lipinski definition) is 9. The van der Waals surface area contributed by atoms with Crippen molar-refractivity contribution in [2.24, 2.45) is 5.92 Å². The normalized spacial score (nSPS) is 21.1. The van der Waals surface area contributed by atoms with E-state index in [2.05, 4.69) is 27.0 Å². The molecule has 40 heavy (non-hydrogen) atoms. The molecule has 0 amide bonds. The second kappa shape index (κ2) is 12.3. The van der Waals surface area contributed by atoms with Crippen LogP contribution >= 0.6 is 7.75 Å². The SMILES string of the molecule is Cc1ncnc2c1ncn2[C@@H]1O[C@H](COP(=O)(N[C@@H](C)C(=O)OCc2ccccc2)Oc2ccccc2)CC1C. The molecule has 0 aliphatic carbocycles. The average molecular weight is 566 g/mol. The average Bonchev–Trinajstić information content (AvgIpc) is 3.55. The number of imidazole rings is 1. The van der Waals surface area contributed by atoms with Crippen LogP contribution in [-0.4, -0.2) is 44.2 Å². The predicted octanol–water partition coefficient (Wildman–Crippen LogP) is 4.98. The van der Waals surface area contributed by atoms with Gasteiger partial charge in [-0.15, -0.1) is 0 Å². The van der Waals surface area contributed by atoms with Gasteiger partial charge >= 0.3 is 13.7 Å². The molecule has 5 rings (SSSR count). The maximum Gasteiger partial charge on any atom is 0.459 e. The lowest BCUT2D eigenvalue weighted by Crippen LogP contribution is -2.35. The second-order valence-electron chi connectivity index (χ2n) is 9.79. The van der Waals surface area contributed by atoms with Gasteiger partial charge < -0.3 is 14.0 Å². The summed E-state index contributed by atoms with van der Waals surface area (Å²) in [5.74, 6) is -0.142. The van der Waals surface area contributed by atoms with Crippen LogP contribution in [0.1, 0.15) is 37.8 Å². The lowest BCUT2D eigenvalue weighted by molar-refractivity contribution is -0.146. The first-order valence-electron chi connectivity index (χ1n) is 13.1. The number of carbonyl (C=O) groups excluding carboxylic acids is 1. The molecule has 1 aliphatic heterocycles. The van der Waals surface area contributed by atoms with E-state index in [1.54, 1.807) is 37.5 Å². The number of carbonyl (C=O) groups is 1. The molecule has 5 atom stereocenters. The highest BCUT2D eigenvalue weighted by molar-refractivity contribution is 7.52. The highest BCUT2D eigenvalue weighted by atomic mass is 31.2. The van der Waals surface area contributed by atoms with Crippen molar-refractivity contribution in [2.45, 2.75) is 52.2 Å². The van der Waals surface area contributed by atoms with Crippen molar-refractivity contribution >= 4 is 24.9 Å². The third-order valence-corrected chi connectivity index (χ3v) is 8.24. The van der Waals surface area contributed by atoms with Gasteiger partial charge in [-0.2, -0.15) is 5.09 Å². The molecule has 1 N–H and O–H groups in total. The molecule has 1 fully saturated rings. The van der Waals surface area contributed by atoms with E-state index >= 15 is 0 Å². The van der Waals surface area contributed by atoms with Gasteiger partial charge in [0.15, 0.2) is 5.65 Å². The van der Waals surface area contributed by atoms with Crippen LogP contribution in [0.5, 0.6) is 5.75 Å². The molecule has 4 aromatic rings. The Morgan fingerprint density at radius 3 is 2.60 bits per heavy atom. The summed E-state index contributed by atoms with van der Waals surface area (Å²) in [5.41, 5.74) is 3.04. The molecule has 2 unspecified atom stereocenters. The number of hydrogen-bond donors (Lipinski definition) is 1. The third kappa shape index (κ3) is 6.56. The van der Waals surface area contributed by atoms with E-state index in [1.165, 1.54) is 6.33 Å². The summed E-state index contributed by atoms with van der Waals surface area (Å²) >= 11 is 0. The molecule has 2 aromatic heterocycles. The number of aryl methyl sites for hydroxylation is 1. The fourth-order valence-electron chi connectivity index (χ4n) is 4.56. The molecule has 210 valence electrons. The number of para-hydroxylation sites is 1. The summed E-state index contributed by atoms with van der Waals surface area (Å²) in [7, 11) is -4.02. The number of esters is 1. The van der Waals surface area contributed by atoms with E-state index in [9.17, 15) is 9.36 Å². The van der Waals surface area contributed by atoms with Crippen molar-refractivity contribution in [1.82, 2.24) is 24.6 Å². The van der Waals surface area contributed by atoms with Gasteiger partial charge in [-0.25, -0.2) is 19.5 Å². The minimum Gasteiger partial charge on any atom is -0.460 e. The van der Waals surface area contributed by atoms with Gasteiger partial charge in [-0.3, -0.25) is 13.9 Å². The zero-order valence-corrected chi connectivity index (χ0v) is 23.4. The number of rotatable bonds is 11. The van der Waals surface area contributed by atoms with Gasteiger partial charge in [-0.05, 0) is 38.0 Å². The highest BCUT2D eigenvalue weighted by Crippen LogP contribution is 2.46. The molecular weight excluding hydrogens is 533 g/mol. The summed E-state index contributed by atoms with van der Waals surface area (Å²) in [6.07, 6.45) is 3.14. The Labute approximate surface area is 232 Å². The standard InChI is InChI=1S/C28H32N5O6P/c1-19-14-24(38-27(19)33-18-31-25-20(2)29-17-30-26(25)33)16-37-40(35,39-23-12-8-5-9-13-23)32-21(3)28(34)36-15-22-10-6-4-7-11-22/h4-13,17-19,21,24,27H,14-16H2,1-3H3,(H,32,35)/t19?,21-,24-,27+,40?/m0/s1. The fourth-order valence-corrected chi connectivity index (χ4v) is 6.08. The van der Waals surface area contributed by atoms with Gasteiger partial charge in [0.25, 0.3) is 0 Å². The first-order valence-corrected chi connectivity index (χ1v) is 14.6. The molecule has 1 aliphatic rings. The molecule has 1 saturated heterocycles. The minimum atomic E-state index is -4.02. The number of ether oxygens (including phenoxy) is 2. The fraction of sp³-hybridized carbons (Fsp3) is 0.357. The van der Waals surface area contributed by atoms with Crippen LogP contribution in [0, 0.1) is 12.8 Å². The summed E-state index contributed by atoms with van der Waals surface area (Å²) in [5, 5.41) is 2.73. The van der Waals surface area contributed by atoms with Gasteiger partial charge in [0.1, 0.15) is 36.5 Å². The third-order valence-electron chi connectivity index (χ3n) is 6.60. The number of fused-ring (bicyclic) bond motifs is 1. The molecule has 11 nitrogen and oxygen atoms in total. The van der Waals surface area contributed by atoms with Crippen LogP contribution in [0.25, 0.3) is 11.2 Å². The number of nitrogens with zero attached hydrogens (tertiary/aromatic N) is 4.